The molecular formula is C20H20ClN3O3. The van der Waals surface area contributed by atoms with Crippen LogP contribution in [0.2, 0.25) is 5.02 Å². The van der Waals surface area contributed by atoms with Crippen molar-refractivity contribution in [1.29, 1.82) is 0 Å². The first-order chi connectivity index (χ1) is 13.0. The fraction of sp³-hybridized carbons (Fsp3) is 0.250. The van der Waals surface area contributed by atoms with Crippen LogP contribution in [-0.4, -0.2) is 42.8 Å². The highest BCUT2D eigenvalue weighted by Crippen LogP contribution is 2.22. The molecule has 3 amide bonds. The minimum atomic E-state index is -0.335. The number of amides is 3. The maximum Gasteiger partial charge on any atom is 0.254 e. The number of carbonyl (C=O) groups excluding carboxylic acids is 3. The lowest BCUT2D eigenvalue weighted by atomic mass is 10.1. The molecule has 0 saturated carbocycles. The van der Waals surface area contributed by atoms with Crippen molar-refractivity contribution in [3.8, 4) is 0 Å². The van der Waals surface area contributed by atoms with E-state index < -0.39 is 0 Å². The quantitative estimate of drug-likeness (QED) is 0.859. The molecule has 0 bridgehead atoms. The van der Waals surface area contributed by atoms with E-state index in [9.17, 15) is 14.4 Å². The van der Waals surface area contributed by atoms with Gasteiger partial charge < -0.3 is 15.1 Å². The second-order valence-corrected chi connectivity index (χ2v) is 6.79. The molecule has 1 heterocycles. The number of hydrogen-bond donors (Lipinski definition) is 1. The Labute approximate surface area is 162 Å². The molecule has 1 N–H and O–H groups in total. The molecule has 1 fully saturated rings. The van der Waals surface area contributed by atoms with E-state index in [1.54, 1.807) is 60.5 Å². The molecule has 1 saturated heterocycles. The van der Waals surface area contributed by atoms with Gasteiger partial charge in [-0.2, -0.15) is 0 Å². The van der Waals surface area contributed by atoms with E-state index in [1.165, 1.54) is 4.90 Å². The first kappa shape index (κ1) is 18.9. The molecule has 1 aliphatic heterocycles. The number of carbonyl (C=O) groups is 3. The van der Waals surface area contributed by atoms with Crippen LogP contribution in [0.25, 0.3) is 0 Å². The molecule has 3 rings (SSSR count). The molecule has 140 valence electrons. The SMILES string of the molecule is CN(CC(=O)Nc1ccccc1Cl)C(=O)c1ccc(N2CCCC2=O)cc1. The minimum absolute atomic E-state index is 0.0995. The maximum absolute atomic E-state index is 12.5. The number of nitrogens with zero attached hydrogens (tertiary/aromatic N) is 2. The summed E-state index contributed by atoms with van der Waals surface area (Å²) in [6, 6.07) is 13.8. The van der Waals surface area contributed by atoms with Crippen molar-refractivity contribution in [2.75, 3.05) is 30.4 Å². The fourth-order valence-corrected chi connectivity index (χ4v) is 3.15. The molecule has 0 spiro atoms. The Hall–Kier alpha value is -2.86. The van der Waals surface area contributed by atoms with Crippen molar-refractivity contribution in [2.45, 2.75) is 12.8 Å². The van der Waals surface area contributed by atoms with Crippen LogP contribution in [0, 0.1) is 0 Å². The summed E-state index contributed by atoms with van der Waals surface area (Å²) < 4.78 is 0. The molecule has 2 aromatic carbocycles. The predicted octanol–water partition coefficient (Wildman–Crippen LogP) is 3.18. The van der Waals surface area contributed by atoms with Gasteiger partial charge in [0.1, 0.15) is 0 Å². The molecule has 27 heavy (non-hydrogen) atoms. The Morgan fingerprint density at radius 1 is 1.15 bits per heavy atom. The van der Waals surface area contributed by atoms with Crippen LogP contribution in [0.15, 0.2) is 48.5 Å². The summed E-state index contributed by atoms with van der Waals surface area (Å²) in [6.45, 7) is 0.602. The molecule has 0 atom stereocenters. The van der Waals surface area contributed by atoms with Gasteiger partial charge in [0.25, 0.3) is 5.91 Å². The summed E-state index contributed by atoms with van der Waals surface area (Å²) >= 11 is 6.02. The Morgan fingerprint density at radius 2 is 1.85 bits per heavy atom. The van der Waals surface area contributed by atoms with Crippen molar-refractivity contribution >= 4 is 40.7 Å². The van der Waals surface area contributed by atoms with Gasteiger partial charge in [-0.3, -0.25) is 14.4 Å². The number of nitrogens with one attached hydrogen (secondary N) is 1. The Morgan fingerprint density at radius 3 is 2.48 bits per heavy atom. The van der Waals surface area contributed by atoms with Crippen molar-refractivity contribution in [1.82, 2.24) is 4.90 Å². The molecule has 7 heteroatoms. The van der Waals surface area contributed by atoms with E-state index >= 15 is 0 Å². The number of likely N-dealkylation sites (N-methyl/N-ethyl adjacent to an activating group) is 1. The van der Waals surface area contributed by atoms with Gasteiger partial charge in [0.15, 0.2) is 0 Å². The van der Waals surface area contributed by atoms with E-state index in [-0.39, 0.29) is 24.3 Å². The normalized spacial score (nSPS) is 13.6. The first-order valence-corrected chi connectivity index (χ1v) is 9.04. The van der Waals surface area contributed by atoms with Gasteiger partial charge in [-0.25, -0.2) is 0 Å². The van der Waals surface area contributed by atoms with Gasteiger partial charge in [-0.05, 0) is 42.8 Å². The van der Waals surface area contributed by atoms with E-state index in [4.69, 9.17) is 11.6 Å². The summed E-state index contributed by atoms with van der Waals surface area (Å²) in [4.78, 5) is 39.5. The topological polar surface area (TPSA) is 69.7 Å². The van der Waals surface area contributed by atoms with Crippen molar-refractivity contribution in [2.24, 2.45) is 0 Å². The monoisotopic (exact) mass is 385 g/mol. The third-order valence-corrected chi connectivity index (χ3v) is 4.70. The summed E-state index contributed by atoms with van der Waals surface area (Å²) in [5.41, 5.74) is 1.75. The molecular weight excluding hydrogens is 366 g/mol. The summed E-state index contributed by atoms with van der Waals surface area (Å²) in [5, 5.41) is 3.13. The van der Waals surface area contributed by atoms with Crippen LogP contribution in [-0.2, 0) is 9.59 Å². The standard InChI is InChI=1S/C20H20ClN3O3/c1-23(13-18(25)22-17-6-3-2-5-16(17)21)20(27)14-8-10-15(11-9-14)24-12-4-7-19(24)26/h2-3,5-6,8-11H,4,7,12-13H2,1H3,(H,22,25). The molecule has 2 aromatic rings. The zero-order valence-corrected chi connectivity index (χ0v) is 15.7. The molecule has 0 aliphatic carbocycles. The Balaban J connectivity index is 1.60. The summed E-state index contributed by atoms with van der Waals surface area (Å²) in [6.07, 6.45) is 1.41. The van der Waals surface area contributed by atoms with Crippen LogP contribution < -0.4 is 10.2 Å². The van der Waals surface area contributed by atoms with Crippen molar-refractivity contribution in [3.63, 3.8) is 0 Å². The zero-order valence-electron chi connectivity index (χ0n) is 14.9. The average Bonchev–Trinajstić information content (AvgIpc) is 3.09. The molecule has 6 nitrogen and oxygen atoms in total. The maximum atomic E-state index is 12.5. The lowest BCUT2D eigenvalue weighted by Gasteiger charge is -2.19. The lowest BCUT2D eigenvalue weighted by molar-refractivity contribution is -0.117. The second-order valence-electron chi connectivity index (χ2n) is 6.39. The molecule has 0 unspecified atom stereocenters. The molecule has 0 aromatic heterocycles. The van der Waals surface area contributed by atoms with E-state index in [1.807, 2.05) is 0 Å². The van der Waals surface area contributed by atoms with Gasteiger partial charge in [-0.1, -0.05) is 23.7 Å². The zero-order chi connectivity index (χ0) is 19.4. The van der Waals surface area contributed by atoms with Crippen LogP contribution in [0.5, 0.6) is 0 Å². The highest BCUT2D eigenvalue weighted by atomic mass is 35.5. The van der Waals surface area contributed by atoms with Crippen molar-refractivity contribution < 1.29 is 14.4 Å². The lowest BCUT2D eigenvalue weighted by Crippen LogP contribution is -2.35. The van der Waals surface area contributed by atoms with E-state index in [0.717, 1.165) is 12.1 Å². The molecule has 1 aliphatic rings. The third-order valence-electron chi connectivity index (χ3n) is 4.37. The summed E-state index contributed by atoms with van der Waals surface area (Å²) in [7, 11) is 1.56. The van der Waals surface area contributed by atoms with Crippen LogP contribution in [0.4, 0.5) is 11.4 Å². The number of anilines is 2. The second kappa shape index (κ2) is 8.22. The van der Waals surface area contributed by atoms with Crippen molar-refractivity contribution in [3.05, 3.63) is 59.1 Å². The highest BCUT2D eigenvalue weighted by molar-refractivity contribution is 6.33. The van der Waals surface area contributed by atoms with Crippen LogP contribution in [0.1, 0.15) is 23.2 Å². The first-order valence-electron chi connectivity index (χ1n) is 8.66. The van der Waals surface area contributed by atoms with Crippen LogP contribution in [0.3, 0.4) is 0 Å². The number of halogens is 1. The number of hydrogen-bond acceptors (Lipinski definition) is 3. The molecule has 0 radical (unpaired) electrons. The van der Waals surface area contributed by atoms with E-state index in [0.29, 0.717) is 29.2 Å². The highest BCUT2D eigenvalue weighted by Gasteiger charge is 2.22. The largest absolute Gasteiger partial charge is 0.332 e. The number of para-hydroxylation sites is 1. The fourth-order valence-electron chi connectivity index (χ4n) is 2.97. The van der Waals surface area contributed by atoms with Gasteiger partial charge >= 0.3 is 0 Å². The van der Waals surface area contributed by atoms with Crippen LogP contribution >= 0.6 is 11.6 Å². The van der Waals surface area contributed by atoms with Gasteiger partial charge in [-0.15, -0.1) is 0 Å². The van der Waals surface area contributed by atoms with Gasteiger partial charge in [0, 0.05) is 31.3 Å². The Kier molecular flexibility index (Phi) is 5.76. The number of benzene rings is 2. The number of rotatable bonds is 5. The van der Waals surface area contributed by atoms with E-state index in [2.05, 4.69) is 5.32 Å². The van der Waals surface area contributed by atoms with Gasteiger partial charge in [0.05, 0.1) is 17.3 Å². The summed E-state index contributed by atoms with van der Waals surface area (Å²) in [5.74, 6) is -0.510. The predicted molar refractivity (Wildman–Crippen MR) is 105 cm³/mol. The average molecular weight is 386 g/mol. The Bertz CT molecular complexity index is 867. The smallest absolute Gasteiger partial charge is 0.254 e. The third kappa shape index (κ3) is 4.46. The minimum Gasteiger partial charge on any atom is -0.332 e. The van der Waals surface area contributed by atoms with Gasteiger partial charge in [0.2, 0.25) is 11.8 Å².